The number of allylic oxidation sites excluding steroid dienone is 1. The number of aromatic amines is 1. The number of hydrogen-bond donors (Lipinski definition) is 10. The minimum atomic E-state index is -0.857. The Kier molecular flexibility index (Phi) is 35.0. The number of para-hydroxylation sites is 1. The van der Waals surface area contributed by atoms with Gasteiger partial charge in [-0.25, -0.2) is 9.80 Å². The number of carbonyl (C=O) groups is 5. The number of nitrogens with zero attached hydrogens (tertiary/aromatic N) is 1. The Labute approximate surface area is 416 Å². The number of nitrogens with two attached hydrogens (primary N) is 3. The molecule has 5 amide bonds. The molecular formula is C54H82N10O6. The predicted octanol–water partition coefficient (Wildman–Crippen LogP) is 6.67. The fraction of sp³-hybridized carbons (Fsp3) is 0.389. The van der Waals surface area contributed by atoms with Crippen LogP contribution in [-0.4, -0.2) is 89.9 Å². The van der Waals surface area contributed by atoms with Gasteiger partial charge in [0.2, 0.25) is 11.8 Å². The Morgan fingerprint density at radius 3 is 1.90 bits per heavy atom. The third kappa shape index (κ3) is 26.5. The number of aromatic hydroxyl groups is 1. The number of carbonyl (C=O) groups excluding carboxylic acids is 5. The number of hydrogen-bond acceptors (Lipinski definition) is 10. The topological polar surface area (TPSA) is 263 Å². The maximum absolute atomic E-state index is 13.5. The number of phenols is 1. The van der Waals surface area contributed by atoms with E-state index in [-0.39, 0.29) is 37.2 Å². The number of H-pyrrole nitrogens is 1. The molecule has 384 valence electrons. The van der Waals surface area contributed by atoms with E-state index in [9.17, 15) is 29.1 Å². The average molecular weight is 967 g/mol. The molecule has 1 heterocycles. The van der Waals surface area contributed by atoms with Crippen LogP contribution in [0.4, 0.5) is 4.79 Å². The fourth-order valence-electron chi connectivity index (χ4n) is 6.15. The molecule has 0 fully saturated rings. The summed E-state index contributed by atoms with van der Waals surface area (Å²) in [6, 6.07) is 30.9. The number of hydrazine groups is 1. The summed E-state index contributed by atoms with van der Waals surface area (Å²) in [7, 11) is 1.67. The van der Waals surface area contributed by atoms with Gasteiger partial charge in [0.25, 0.3) is 5.91 Å². The van der Waals surface area contributed by atoms with Crippen LogP contribution in [0.3, 0.4) is 0 Å². The van der Waals surface area contributed by atoms with Gasteiger partial charge in [0.1, 0.15) is 18.1 Å². The molecule has 0 aliphatic rings. The minimum Gasteiger partial charge on any atom is -0.508 e. The lowest BCUT2D eigenvalue weighted by Crippen LogP contribution is -2.56. The molecule has 0 spiro atoms. The molecule has 5 rings (SSSR count). The van der Waals surface area contributed by atoms with E-state index in [1.165, 1.54) is 30.5 Å². The van der Waals surface area contributed by atoms with E-state index in [1.807, 2.05) is 120 Å². The Balaban J connectivity index is 0.00000179. The van der Waals surface area contributed by atoms with Crippen LogP contribution in [0.25, 0.3) is 10.9 Å². The number of aryl methyl sites for hydroxylation is 1. The molecule has 16 nitrogen and oxygen atoms in total. The Morgan fingerprint density at radius 1 is 0.800 bits per heavy atom. The zero-order valence-corrected chi connectivity index (χ0v) is 42.9. The zero-order chi connectivity index (χ0) is 52.7. The van der Waals surface area contributed by atoms with Gasteiger partial charge in [0.15, 0.2) is 0 Å². The Hall–Kier alpha value is -7.01. The highest BCUT2D eigenvalue weighted by atomic mass is 16.3. The van der Waals surface area contributed by atoms with Crippen molar-refractivity contribution < 1.29 is 29.1 Å². The summed E-state index contributed by atoms with van der Waals surface area (Å²) in [5.74, 6) is -1.13. The lowest BCUT2D eigenvalue weighted by molar-refractivity contribution is -0.126. The molecule has 1 aromatic heterocycles. The summed E-state index contributed by atoms with van der Waals surface area (Å²) < 4.78 is 0. The minimum absolute atomic E-state index is 0.0281. The number of aromatic nitrogens is 1. The summed E-state index contributed by atoms with van der Waals surface area (Å²) in [5, 5.41) is 23.1. The maximum atomic E-state index is 13.5. The quantitative estimate of drug-likeness (QED) is 0.0310. The van der Waals surface area contributed by atoms with Crippen LogP contribution in [0.15, 0.2) is 127 Å². The SMILES string of the molecule is CC.CC.CCC=C(NC(C)C(=O)NN(Cc1ccc(O)cc1)C(=O)NCC=O)C(Cc1c[nH]c2ccccc12)NC(=O)C(N)Cc1ccccc1.CCCCN.CNCC(N)=O.Cc1ccccc1. The zero-order valence-electron chi connectivity index (χ0n) is 42.9. The molecular weight excluding hydrogens is 885 g/mol. The average Bonchev–Trinajstić information content (AvgIpc) is 3.78. The molecule has 13 N–H and O–H groups in total. The summed E-state index contributed by atoms with van der Waals surface area (Å²) in [5.41, 5.74) is 24.3. The van der Waals surface area contributed by atoms with Crippen molar-refractivity contribution in [3.05, 3.63) is 149 Å². The van der Waals surface area contributed by atoms with Crippen LogP contribution >= 0.6 is 0 Å². The van der Waals surface area contributed by atoms with Gasteiger partial charge < -0.3 is 53.4 Å². The first kappa shape index (κ1) is 63.0. The summed E-state index contributed by atoms with van der Waals surface area (Å²) in [6.45, 7) is 16.7. The Bertz CT molecular complexity index is 2200. The second kappa shape index (κ2) is 38.9. The molecule has 4 aromatic carbocycles. The fourth-order valence-corrected chi connectivity index (χ4v) is 6.15. The van der Waals surface area contributed by atoms with Crippen LogP contribution in [0, 0.1) is 6.92 Å². The number of unbranched alkanes of at least 4 members (excludes halogenated alkanes) is 1. The van der Waals surface area contributed by atoms with Gasteiger partial charge >= 0.3 is 6.03 Å². The van der Waals surface area contributed by atoms with Crippen molar-refractivity contribution in [2.75, 3.05) is 26.7 Å². The van der Waals surface area contributed by atoms with Crippen molar-refractivity contribution in [1.82, 2.24) is 36.7 Å². The number of likely N-dealkylation sites (N-methyl/N-ethyl adjacent to an activating group) is 1. The highest BCUT2D eigenvalue weighted by molar-refractivity contribution is 5.86. The van der Waals surface area contributed by atoms with Gasteiger partial charge in [0.05, 0.1) is 31.7 Å². The number of fused-ring (bicyclic) bond motifs is 1. The number of primary amides is 1. The number of aldehydes is 1. The van der Waals surface area contributed by atoms with Gasteiger partial charge in [-0.05, 0) is 81.6 Å². The smallest absolute Gasteiger partial charge is 0.336 e. The van der Waals surface area contributed by atoms with E-state index in [0.717, 1.165) is 33.6 Å². The van der Waals surface area contributed by atoms with Gasteiger partial charge in [-0.1, -0.05) is 151 Å². The van der Waals surface area contributed by atoms with Gasteiger partial charge in [-0.3, -0.25) is 19.8 Å². The second-order valence-corrected chi connectivity index (χ2v) is 15.2. The van der Waals surface area contributed by atoms with Crippen LogP contribution in [0.5, 0.6) is 5.75 Å². The third-order valence-electron chi connectivity index (χ3n) is 9.58. The van der Waals surface area contributed by atoms with Crippen LogP contribution in [-0.2, 0) is 38.6 Å². The second-order valence-electron chi connectivity index (χ2n) is 15.2. The van der Waals surface area contributed by atoms with Crippen molar-refractivity contribution in [3.63, 3.8) is 0 Å². The number of phenolic OH excluding ortho intramolecular Hbond substituents is 1. The molecule has 0 radical (unpaired) electrons. The predicted molar refractivity (Wildman–Crippen MR) is 285 cm³/mol. The summed E-state index contributed by atoms with van der Waals surface area (Å²) >= 11 is 0. The van der Waals surface area contributed by atoms with E-state index >= 15 is 0 Å². The van der Waals surface area contributed by atoms with E-state index in [4.69, 9.17) is 17.2 Å². The molecule has 70 heavy (non-hydrogen) atoms. The van der Waals surface area contributed by atoms with Crippen molar-refractivity contribution in [2.24, 2.45) is 17.2 Å². The first-order valence-electron chi connectivity index (χ1n) is 24.1. The number of urea groups is 1. The van der Waals surface area contributed by atoms with E-state index < -0.39 is 30.1 Å². The molecule has 0 bridgehead atoms. The molecule has 0 aliphatic heterocycles. The molecule has 16 heteroatoms. The van der Waals surface area contributed by atoms with Crippen molar-refractivity contribution >= 4 is 40.9 Å². The van der Waals surface area contributed by atoms with Crippen molar-refractivity contribution in [3.8, 4) is 5.75 Å². The van der Waals surface area contributed by atoms with Crippen LogP contribution in [0.1, 0.15) is 90.0 Å². The molecule has 0 saturated heterocycles. The van der Waals surface area contributed by atoms with Crippen LogP contribution in [0.2, 0.25) is 0 Å². The molecule has 0 saturated carbocycles. The normalized spacial score (nSPS) is 11.4. The summed E-state index contributed by atoms with van der Waals surface area (Å²) in [6.07, 6.45) is 8.11. The Morgan fingerprint density at radius 2 is 1.40 bits per heavy atom. The van der Waals surface area contributed by atoms with E-state index in [2.05, 4.69) is 57.7 Å². The number of nitrogens with one attached hydrogen (secondary N) is 6. The highest BCUT2D eigenvalue weighted by Gasteiger charge is 2.27. The monoisotopic (exact) mass is 967 g/mol. The van der Waals surface area contributed by atoms with Gasteiger partial charge in [-0.2, -0.15) is 0 Å². The first-order valence-corrected chi connectivity index (χ1v) is 24.1. The maximum Gasteiger partial charge on any atom is 0.336 e. The number of rotatable bonds is 19. The van der Waals surface area contributed by atoms with Crippen molar-refractivity contribution in [2.45, 2.75) is 112 Å². The number of amides is 5. The van der Waals surface area contributed by atoms with Gasteiger partial charge in [0, 0.05) is 29.2 Å². The lowest BCUT2D eigenvalue weighted by atomic mass is 9.99. The highest BCUT2D eigenvalue weighted by Crippen LogP contribution is 2.21. The number of benzene rings is 4. The molecule has 0 aliphatic carbocycles. The standard InChI is InChI=1S/C36H43N7O5.C7H8.C4H11N.C3H8N2O.2C2H6/c1-3-9-32(40-24(2)34(46)42-43(36(48)38-18-19-44)23-26-14-16-28(45)17-15-26)33(21-27-22-39-31-13-8-7-12-29(27)31)41-35(47)30(37)20-25-10-5-4-6-11-25;1-7-5-3-2-4-6-7;1-2-3-4-5;1-5-2-3(4)6;2*1-2/h4-17,19,22,24,30,33,39-40,45H,3,18,20-21,23,37H2,1-2H3,(H,38,48)(H,41,47)(H,42,46);2-6H,1H3;2-5H2,1H3;5H,2H2,1H3,(H2,4,6);2*1-2H3. The van der Waals surface area contributed by atoms with Gasteiger partial charge in [-0.15, -0.1) is 0 Å². The van der Waals surface area contributed by atoms with Crippen molar-refractivity contribution in [1.29, 1.82) is 0 Å². The first-order chi connectivity index (χ1) is 33.8. The third-order valence-corrected chi connectivity index (χ3v) is 9.58. The van der Waals surface area contributed by atoms with E-state index in [1.54, 1.807) is 26.1 Å². The lowest BCUT2D eigenvalue weighted by Gasteiger charge is -2.29. The molecule has 5 aromatic rings. The largest absolute Gasteiger partial charge is 0.508 e. The summed E-state index contributed by atoms with van der Waals surface area (Å²) in [4.78, 5) is 63.8. The van der Waals surface area contributed by atoms with Crippen LogP contribution < -0.4 is 43.9 Å². The molecule has 3 atom stereocenters. The van der Waals surface area contributed by atoms with E-state index in [0.29, 0.717) is 36.8 Å². The molecule has 3 unspecified atom stereocenters.